The summed E-state index contributed by atoms with van der Waals surface area (Å²) in [5, 5.41) is 24.3. The molecule has 2 N–H and O–H groups in total. The first-order valence-electron chi connectivity index (χ1n) is 9.02. The van der Waals surface area contributed by atoms with Crippen LogP contribution < -0.4 is 0 Å². The Morgan fingerprint density at radius 2 is 2.00 bits per heavy atom. The summed E-state index contributed by atoms with van der Waals surface area (Å²) in [6, 6.07) is -0.213. The molecule has 2 aliphatic rings. The van der Waals surface area contributed by atoms with Crippen LogP contribution in [0, 0.1) is 6.92 Å². The van der Waals surface area contributed by atoms with E-state index < -0.39 is 12.2 Å². The van der Waals surface area contributed by atoms with E-state index in [2.05, 4.69) is 16.9 Å². The fourth-order valence-corrected chi connectivity index (χ4v) is 3.58. The lowest BCUT2D eigenvalue weighted by molar-refractivity contribution is -0.136. The van der Waals surface area contributed by atoms with Gasteiger partial charge in [0.2, 0.25) is 0 Å². The summed E-state index contributed by atoms with van der Waals surface area (Å²) in [6.07, 6.45) is 1.17. The molecular formula is C17H28N4O4. The summed E-state index contributed by atoms with van der Waals surface area (Å²) in [7, 11) is 0. The fraction of sp³-hybridized carbons (Fsp3) is 0.765. The number of hydrogen-bond acceptors (Lipinski definition) is 6. The second kappa shape index (κ2) is 7.82. The average Bonchev–Trinajstić information content (AvgIpc) is 2.98. The van der Waals surface area contributed by atoms with Crippen LogP contribution in [-0.4, -0.2) is 93.3 Å². The maximum Gasteiger partial charge on any atom is 0.257 e. The number of aromatic nitrogens is 2. The highest BCUT2D eigenvalue weighted by Gasteiger charge is 2.37. The smallest absolute Gasteiger partial charge is 0.257 e. The SMILES string of the molecule is CCCn1cc(C(=O)N2CCN([C@@H]3COC[C@@H](O)[C@H]3O)CC2)c(C)n1. The molecule has 2 fully saturated rings. The van der Waals surface area contributed by atoms with Crippen molar-refractivity contribution in [3.8, 4) is 0 Å². The molecule has 140 valence electrons. The Morgan fingerprint density at radius 3 is 2.68 bits per heavy atom. The predicted octanol–water partition coefficient (Wildman–Crippen LogP) is -0.520. The first-order valence-corrected chi connectivity index (χ1v) is 9.02. The van der Waals surface area contributed by atoms with Crippen LogP contribution in [-0.2, 0) is 11.3 Å². The number of aliphatic hydroxyl groups excluding tert-OH is 2. The maximum atomic E-state index is 12.8. The summed E-state index contributed by atoms with van der Waals surface area (Å²) in [5.74, 6) is 0.0139. The van der Waals surface area contributed by atoms with Crippen molar-refractivity contribution in [1.82, 2.24) is 19.6 Å². The molecule has 8 nitrogen and oxygen atoms in total. The first-order chi connectivity index (χ1) is 12.0. The van der Waals surface area contributed by atoms with E-state index in [1.165, 1.54) is 0 Å². The zero-order chi connectivity index (χ0) is 18.0. The van der Waals surface area contributed by atoms with Gasteiger partial charge >= 0.3 is 0 Å². The van der Waals surface area contributed by atoms with Crippen molar-refractivity contribution in [2.75, 3.05) is 39.4 Å². The third kappa shape index (κ3) is 3.87. The van der Waals surface area contributed by atoms with Gasteiger partial charge < -0.3 is 19.8 Å². The van der Waals surface area contributed by atoms with Gasteiger partial charge in [-0.15, -0.1) is 0 Å². The van der Waals surface area contributed by atoms with Gasteiger partial charge in [0.05, 0.1) is 36.6 Å². The van der Waals surface area contributed by atoms with Gasteiger partial charge in [-0.25, -0.2) is 0 Å². The predicted molar refractivity (Wildman–Crippen MR) is 91.4 cm³/mol. The van der Waals surface area contributed by atoms with Gasteiger partial charge in [0.1, 0.15) is 6.10 Å². The van der Waals surface area contributed by atoms with E-state index in [1.807, 2.05) is 22.7 Å². The first kappa shape index (κ1) is 18.3. The second-order valence-electron chi connectivity index (χ2n) is 6.88. The van der Waals surface area contributed by atoms with E-state index >= 15 is 0 Å². The number of rotatable bonds is 4. The normalized spacial score (nSPS) is 28.3. The molecule has 0 bridgehead atoms. The number of carbonyl (C=O) groups excluding carboxylic acids is 1. The van der Waals surface area contributed by atoms with Crippen molar-refractivity contribution in [1.29, 1.82) is 0 Å². The molecule has 1 aromatic heterocycles. The summed E-state index contributed by atoms with van der Waals surface area (Å²) < 4.78 is 7.19. The second-order valence-corrected chi connectivity index (χ2v) is 6.88. The number of carbonyl (C=O) groups is 1. The topological polar surface area (TPSA) is 91.1 Å². The van der Waals surface area contributed by atoms with Gasteiger partial charge in [-0.1, -0.05) is 6.92 Å². The van der Waals surface area contributed by atoms with Crippen molar-refractivity contribution >= 4 is 5.91 Å². The van der Waals surface area contributed by atoms with E-state index in [-0.39, 0.29) is 18.6 Å². The van der Waals surface area contributed by atoms with Crippen LogP contribution in [0.3, 0.4) is 0 Å². The lowest BCUT2D eigenvalue weighted by Gasteiger charge is -2.43. The van der Waals surface area contributed by atoms with E-state index in [1.54, 1.807) is 0 Å². The number of aryl methyl sites for hydroxylation is 2. The molecule has 2 saturated heterocycles. The number of piperazine rings is 1. The monoisotopic (exact) mass is 352 g/mol. The molecule has 0 aromatic carbocycles. The van der Waals surface area contributed by atoms with E-state index in [9.17, 15) is 15.0 Å². The molecule has 2 aliphatic heterocycles. The molecule has 8 heteroatoms. The number of aliphatic hydroxyl groups is 2. The molecule has 0 saturated carbocycles. The van der Waals surface area contributed by atoms with Crippen LogP contribution in [0.4, 0.5) is 0 Å². The summed E-state index contributed by atoms with van der Waals surface area (Å²) >= 11 is 0. The van der Waals surface area contributed by atoms with E-state index in [0.29, 0.717) is 38.3 Å². The van der Waals surface area contributed by atoms with Crippen molar-refractivity contribution < 1.29 is 19.7 Å². The minimum atomic E-state index is -0.842. The Kier molecular flexibility index (Phi) is 5.73. The van der Waals surface area contributed by atoms with Gasteiger partial charge in [-0.3, -0.25) is 14.4 Å². The van der Waals surface area contributed by atoms with Crippen molar-refractivity contribution in [2.24, 2.45) is 0 Å². The van der Waals surface area contributed by atoms with Crippen LogP contribution in [0.1, 0.15) is 29.4 Å². The summed E-state index contributed by atoms with van der Waals surface area (Å²) in [4.78, 5) is 16.7. The Bertz CT molecular complexity index is 597. The molecule has 1 aromatic rings. The van der Waals surface area contributed by atoms with Crippen molar-refractivity contribution in [2.45, 2.75) is 45.1 Å². The Balaban J connectivity index is 1.59. The molecule has 3 heterocycles. The molecule has 1 amide bonds. The third-order valence-corrected chi connectivity index (χ3v) is 5.07. The lowest BCUT2D eigenvalue weighted by Crippen LogP contribution is -2.60. The molecular weight excluding hydrogens is 324 g/mol. The Morgan fingerprint density at radius 1 is 1.28 bits per heavy atom. The minimum absolute atomic E-state index is 0.0139. The van der Waals surface area contributed by atoms with E-state index in [4.69, 9.17) is 4.74 Å². The molecule has 0 unspecified atom stereocenters. The standard InChI is InChI=1S/C17H28N4O4/c1-3-4-21-9-13(12(2)18-21)17(24)20-7-5-19(6-8-20)14-10-25-11-15(22)16(14)23/h9,14-16,22-23H,3-8,10-11H2,1-2H3/t14-,15-,16+/m1/s1. The summed E-state index contributed by atoms with van der Waals surface area (Å²) in [5.41, 5.74) is 1.43. The number of hydrogen-bond donors (Lipinski definition) is 2. The largest absolute Gasteiger partial charge is 0.389 e. The molecule has 25 heavy (non-hydrogen) atoms. The van der Waals surface area contributed by atoms with Crippen LogP contribution in [0.25, 0.3) is 0 Å². The molecule has 3 rings (SSSR count). The highest BCUT2D eigenvalue weighted by molar-refractivity contribution is 5.95. The van der Waals surface area contributed by atoms with Gasteiger partial charge in [0, 0.05) is 38.9 Å². The van der Waals surface area contributed by atoms with Gasteiger partial charge in [-0.05, 0) is 13.3 Å². The van der Waals surface area contributed by atoms with E-state index in [0.717, 1.165) is 18.7 Å². The summed E-state index contributed by atoms with van der Waals surface area (Å²) in [6.45, 7) is 7.85. The quantitative estimate of drug-likeness (QED) is 0.758. The van der Waals surface area contributed by atoms with Crippen LogP contribution in [0.5, 0.6) is 0 Å². The zero-order valence-electron chi connectivity index (χ0n) is 15.0. The van der Waals surface area contributed by atoms with Gasteiger partial charge in [0.25, 0.3) is 5.91 Å². The molecule has 0 radical (unpaired) electrons. The number of amides is 1. The third-order valence-electron chi connectivity index (χ3n) is 5.07. The average molecular weight is 352 g/mol. The van der Waals surface area contributed by atoms with Crippen molar-refractivity contribution in [3.05, 3.63) is 17.5 Å². The van der Waals surface area contributed by atoms with Gasteiger partial charge in [-0.2, -0.15) is 5.10 Å². The Hall–Kier alpha value is -1.48. The number of ether oxygens (including phenoxy) is 1. The van der Waals surface area contributed by atoms with Crippen molar-refractivity contribution in [3.63, 3.8) is 0 Å². The molecule has 0 spiro atoms. The Labute approximate surface area is 148 Å². The number of nitrogens with zero attached hydrogens (tertiary/aromatic N) is 4. The van der Waals surface area contributed by atoms with Gasteiger partial charge in [0.15, 0.2) is 0 Å². The van der Waals surface area contributed by atoms with Crippen LogP contribution in [0.15, 0.2) is 6.20 Å². The fourth-order valence-electron chi connectivity index (χ4n) is 3.58. The van der Waals surface area contributed by atoms with Crippen LogP contribution in [0.2, 0.25) is 0 Å². The molecule has 3 atom stereocenters. The maximum absolute atomic E-state index is 12.8. The highest BCUT2D eigenvalue weighted by Crippen LogP contribution is 2.18. The molecule has 0 aliphatic carbocycles. The van der Waals surface area contributed by atoms with Crippen LogP contribution >= 0.6 is 0 Å². The lowest BCUT2D eigenvalue weighted by atomic mass is 10.0. The minimum Gasteiger partial charge on any atom is -0.389 e. The highest BCUT2D eigenvalue weighted by atomic mass is 16.5. The zero-order valence-corrected chi connectivity index (χ0v) is 15.0.